The average Bonchev–Trinajstić information content (AvgIpc) is 3.45. The van der Waals surface area contributed by atoms with Gasteiger partial charge in [-0.2, -0.15) is 9.97 Å². The quantitative estimate of drug-likeness (QED) is 0.208. The molecule has 0 bridgehead atoms. The molecular weight excluding hydrogens is 464 g/mol. The summed E-state index contributed by atoms with van der Waals surface area (Å²) in [6.07, 6.45) is -2.90. The van der Waals surface area contributed by atoms with E-state index in [2.05, 4.69) is 25.6 Å². The Bertz CT molecular complexity index is 1270. The van der Waals surface area contributed by atoms with E-state index in [1.165, 1.54) is 10.9 Å². The fourth-order valence-corrected chi connectivity index (χ4v) is 4.04. The highest BCUT2D eigenvalue weighted by molar-refractivity contribution is 5.86. The van der Waals surface area contributed by atoms with Crippen molar-refractivity contribution in [2.75, 3.05) is 30.4 Å². The van der Waals surface area contributed by atoms with E-state index in [4.69, 9.17) is 9.47 Å². The number of benzene rings is 2. The fourth-order valence-electron chi connectivity index (χ4n) is 4.04. The summed E-state index contributed by atoms with van der Waals surface area (Å²) in [4.78, 5) is 13.6. The van der Waals surface area contributed by atoms with Crippen LogP contribution in [-0.2, 0) is 16.1 Å². The highest BCUT2D eigenvalue weighted by Crippen LogP contribution is 2.33. The highest BCUT2D eigenvalue weighted by Gasteiger charge is 2.44. The van der Waals surface area contributed by atoms with Crippen LogP contribution in [0, 0.1) is 0 Å². The second kappa shape index (κ2) is 11.0. The lowest BCUT2D eigenvalue weighted by Gasteiger charge is -2.17. The SMILES string of the molecule is OC[C@H]1O[C@@H](n2cnc3c(Nc4ccccc4)nc(NCCOCc4ccccc4)nc32)[C@H](O)[C@@H]1O. The van der Waals surface area contributed by atoms with Gasteiger partial charge in [-0.1, -0.05) is 48.5 Å². The van der Waals surface area contributed by atoms with Crippen LogP contribution in [0.5, 0.6) is 0 Å². The van der Waals surface area contributed by atoms with E-state index in [9.17, 15) is 15.3 Å². The van der Waals surface area contributed by atoms with Gasteiger partial charge in [-0.15, -0.1) is 0 Å². The van der Waals surface area contributed by atoms with E-state index in [0.717, 1.165) is 11.3 Å². The zero-order valence-electron chi connectivity index (χ0n) is 19.4. The number of imidazole rings is 1. The van der Waals surface area contributed by atoms with E-state index in [0.29, 0.717) is 42.7 Å². The van der Waals surface area contributed by atoms with Crippen molar-refractivity contribution < 1.29 is 24.8 Å². The zero-order chi connectivity index (χ0) is 24.9. The summed E-state index contributed by atoms with van der Waals surface area (Å²) in [6, 6.07) is 19.4. The summed E-state index contributed by atoms with van der Waals surface area (Å²) in [5, 5.41) is 36.7. The number of ether oxygens (including phenoxy) is 2. The Morgan fingerprint density at radius 3 is 2.44 bits per heavy atom. The summed E-state index contributed by atoms with van der Waals surface area (Å²) in [5.41, 5.74) is 2.76. The minimum absolute atomic E-state index is 0.331. The number of hydrogen-bond donors (Lipinski definition) is 5. The van der Waals surface area contributed by atoms with Gasteiger partial charge in [0.25, 0.3) is 0 Å². The molecule has 4 atom stereocenters. The van der Waals surface area contributed by atoms with Gasteiger partial charge in [-0.3, -0.25) is 4.57 Å². The fraction of sp³-hybridized carbons (Fsp3) is 0.320. The van der Waals surface area contributed by atoms with Crippen LogP contribution in [-0.4, -0.2) is 72.9 Å². The van der Waals surface area contributed by atoms with Gasteiger partial charge in [-0.05, 0) is 17.7 Å². The third-order valence-corrected chi connectivity index (χ3v) is 5.89. The molecule has 36 heavy (non-hydrogen) atoms. The summed E-state index contributed by atoms with van der Waals surface area (Å²) < 4.78 is 13.0. The number of anilines is 3. The largest absolute Gasteiger partial charge is 0.394 e. The minimum Gasteiger partial charge on any atom is -0.394 e. The Balaban J connectivity index is 1.38. The molecule has 0 amide bonds. The second-order valence-electron chi connectivity index (χ2n) is 8.40. The molecule has 1 saturated heterocycles. The number of para-hydroxylation sites is 1. The Kier molecular flexibility index (Phi) is 7.35. The molecule has 0 radical (unpaired) electrons. The summed E-state index contributed by atoms with van der Waals surface area (Å²) in [5.74, 6) is 0.794. The van der Waals surface area contributed by atoms with Crippen LogP contribution in [0.4, 0.5) is 17.5 Å². The molecule has 0 saturated carbocycles. The van der Waals surface area contributed by atoms with Crippen molar-refractivity contribution in [3.8, 4) is 0 Å². The number of rotatable bonds is 10. The Hall–Kier alpha value is -3.61. The number of aromatic nitrogens is 4. The van der Waals surface area contributed by atoms with Crippen LogP contribution in [0.25, 0.3) is 11.2 Å². The number of aliphatic hydroxyl groups excluding tert-OH is 3. The molecule has 3 heterocycles. The van der Waals surface area contributed by atoms with Crippen LogP contribution < -0.4 is 10.6 Å². The van der Waals surface area contributed by atoms with E-state index in [1.807, 2.05) is 60.7 Å². The Labute approximate surface area is 207 Å². The molecule has 188 valence electrons. The lowest BCUT2D eigenvalue weighted by atomic mass is 10.1. The van der Waals surface area contributed by atoms with Crippen molar-refractivity contribution in [2.24, 2.45) is 0 Å². The lowest BCUT2D eigenvalue weighted by molar-refractivity contribution is -0.0511. The Morgan fingerprint density at radius 2 is 1.72 bits per heavy atom. The van der Waals surface area contributed by atoms with Gasteiger partial charge < -0.3 is 35.4 Å². The van der Waals surface area contributed by atoms with Crippen LogP contribution >= 0.6 is 0 Å². The number of nitrogens with one attached hydrogen (secondary N) is 2. The van der Waals surface area contributed by atoms with Crippen molar-refractivity contribution in [2.45, 2.75) is 31.1 Å². The summed E-state index contributed by atoms with van der Waals surface area (Å²) >= 11 is 0. The van der Waals surface area contributed by atoms with E-state index >= 15 is 0 Å². The second-order valence-corrected chi connectivity index (χ2v) is 8.40. The normalized spacial score (nSPS) is 21.6. The molecular formula is C25H28N6O5. The first kappa shape index (κ1) is 24.1. The van der Waals surface area contributed by atoms with E-state index in [-0.39, 0.29) is 0 Å². The van der Waals surface area contributed by atoms with E-state index < -0.39 is 31.1 Å². The van der Waals surface area contributed by atoms with Crippen molar-refractivity contribution in [3.05, 3.63) is 72.6 Å². The van der Waals surface area contributed by atoms with Crippen molar-refractivity contribution in [1.82, 2.24) is 19.5 Å². The third-order valence-electron chi connectivity index (χ3n) is 5.89. The van der Waals surface area contributed by atoms with Gasteiger partial charge in [0.1, 0.15) is 18.3 Å². The molecule has 11 heteroatoms. The molecule has 0 aliphatic carbocycles. The molecule has 4 aromatic rings. The van der Waals surface area contributed by atoms with Gasteiger partial charge in [0, 0.05) is 12.2 Å². The van der Waals surface area contributed by atoms with Crippen LogP contribution in [0.1, 0.15) is 11.8 Å². The molecule has 5 N–H and O–H groups in total. The first-order valence-electron chi connectivity index (χ1n) is 11.7. The van der Waals surface area contributed by atoms with Crippen LogP contribution in [0.2, 0.25) is 0 Å². The molecule has 1 aliphatic rings. The number of aliphatic hydroxyl groups is 3. The smallest absolute Gasteiger partial charge is 0.226 e. The van der Waals surface area contributed by atoms with Gasteiger partial charge >= 0.3 is 0 Å². The topological polar surface area (TPSA) is 147 Å². The van der Waals surface area contributed by atoms with Crippen LogP contribution in [0.3, 0.4) is 0 Å². The number of nitrogens with zero attached hydrogens (tertiary/aromatic N) is 4. The van der Waals surface area contributed by atoms with Gasteiger partial charge in [0.15, 0.2) is 23.2 Å². The molecule has 2 aromatic heterocycles. The molecule has 0 spiro atoms. The van der Waals surface area contributed by atoms with Gasteiger partial charge in [0.05, 0.1) is 26.1 Å². The maximum absolute atomic E-state index is 10.5. The van der Waals surface area contributed by atoms with Crippen LogP contribution in [0.15, 0.2) is 67.0 Å². The van der Waals surface area contributed by atoms with Crippen molar-refractivity contribution in [3.63, 3.8) is 0 Å². The first-order chi connectivity index (χ1) is 17.6. The zero-order valence-corrected chi connectivity index (χ0v) is 19.4. The molecule has 1 fully saturated rings. The number of fused-ring (bicyclic) bond motifs is 1. The van der Waals surface area contributed by atoms with Crippen molar-refractivity contribution in [1.29, 1.82) is 0 Å². The molecule has 0 unspecified atom stereocenters. The minimum atomic E-state index is -1.26. The average molecular weight is 493 g/mol. The summed E-state index contributed by atoms with van der Waals surface area (Å²) in [7, 11) is 0. The van der Waals surface area contributed by atoms with Gasteiger partial charge in [-0.25, -0.2) is 4.98 Å². The number of hydrogen-bond acceptors (Lipinski definition) is 10. The Morgan fingerprint density at radius 1 is 0.972 bits per heavy atom. The summed E-state index contributed by atoms with van der Waals surface area (Å²) in [6.45, 7) is 0.977. The maximum atomic E-state index is 10.5. The standard InChI is InChI=1S/C25H28N6O5/c32-13-18-20(33)21(34)24(36-18)31-15-27-19-22(28-17-9-5-2-6-10-17)29-25(30-23(19)31)26-11-12-35-14-16-7-3-1-4-8-16/h1-10,15,18,20-21,24,32-34H,11-14H2,(H2,26,28,29,30)/t18-,20-,21-,24-/m1/s1. The highest BCUT2D eigenvalue weighted by atomic mass is 16.6. The van der Waals surface area contributed by atoms with Gasteiger partial charge in [0.2, 0.25) is 5.95 Å². The third kappa shape index (κ3) is 5.15. The van der Waals surface area contributed by atoms with E-state index in [1.54, 1.807) is 0 Å². The maximum Gasteiger partial charge on any atom is 0.226 e. The van der Waals surface area contributed by atoms with Crippen molar-refractivity contribution >= 4 is 28.6 Å². The molecule has 5 rings (SSSR count). The predicted molar refractivity (Wildman–Crippen MR) is 133 cm³/mol. The predicted octanol–water partition coefficient (Wildman–Crippen LogP) is 1.81. The molecule has 11 nitrogen and oxygen atoms in total. The molecule has 2 aromatic carbocycles. The monoisotopic (exact) mass is 492 g/mol. The first-order valence-corrected chi connectivity index (χ1v) is 11.7. The lowest BCUT2D eigenvalue weighted by Crippen LogP contribution is -2.33. The molecule has 1 aliphatic heterocycles.